The fraction of sp³-hybridized carbons (Fsp3) is 0. The molecule has 0 fully saturated rings. The van der Waals surface area contributed by atoms with Crippen molar-refractivity contribution < 1.29 is 9.90 Å². The van der Waals surface area contributed by atoms with E-state index < -0.39 is 0 Å². The van der Waals surface area contributed by atoms with Crippen LogP contribution in [-0.2, 0) is 0 Å². The summed E-state index contributed by atoms with van der Waals surface area (Å²) in [5, 5.41) is 9.46. The Morgan fingerprint density at radius 1 is 1.18 bits per heavy atom. The first-order chi connectivity index (χ1) is 8.09. The predicted octanol–water partition coefficient (Wildman–Crippen LogP) is 2.86. The molecule has 0 unspecified atom stereocenters. The average Bonchev–Trinajstić information content (AvgIpc) is 2.34. The van der Waals surface area contributed by atoms with Gasteiger partial charge in [0, 0.05) is 22.9 Å². The van der Waals surface area contributed by atoms with Crippen LogP contribution >= 0.6 is 11.6 Å². The number of nitrogen functional groups attached to an aromatic ring is 1. The summed E-state index contributed by atoms with van der Waals surface area (Å²) in [6, 6.07) is 11.4. The van der Waals surface area contributed by atoms with Crippen molar-refractivity contribution in [3.8, 4) is 5.75 Å². The lowest BCUT2D eigenvalue weighted by atomic mass is 10.0. The number of nitrogens with two attached hydrogens (primary N) is 1. The Hall–Kier alpha value is -2.00. The molecule has 0 radical (unpaired) electrons. The summed E-state index contributed by atoms with van der Waals surface area (Å²) in [6.07, 6.45) is 0. The zero-order valence-corrected chi connectivity index (χ0v) is 9.61. The number of hydrogen-bond acceptors (Lipinski definition) is 3. The molecule has 3 nitrogen and oxygen atoms in total. The highest BCUT2D eigenvalue weighted by molar-refractivity contribution is 6.32. The van der Waals surface area contributed by atoms with Gasteiger partial charge in [0.2, 0.25) is 0 Å². The van der Waals surface area contributed by atoms with Crippen LogP contribution in [0.15, 0.2) is 42.5 Å². The van der Waals surface area contributed by atoms with Gasteiger partial charge in [-0.05, 0) is 6.07 Å². The van der Waals surface area contributed by atoms with E-state index in [0.29, 0.717) is 11.1 Å². The number of ketones is 1. The zero-order chi connectivity index (χ0) is 12.4. The van der Waals surface area contributed by atoms with Crippen LogP contribution < -0.4 is 5.73 Å². The van der Waals surface area contributed by atoms with Crippen molar-refractivity contribution in [1.82, 2.24) is 0 Å². The summed E-state index contributed by atoms with van der Waals surface area (Å²) in [7, 11) is 0. The standard InChI is InChI=1S/C13H10ClNO2/c14-10-6-9(11(15)7-12(10)16)13(17)8-4-2-1-3-5-8/h1-7,16H,15H2. The molecule has 0 aliphatic heterocycles. The molecule has 0 heterocycles. The Balaban J connectivity index is 2.48. The molecule has 0 spiro atoms. The molecule has 0 amide bonds. The van der Waals surface area contributed by atoms with Gasteiger partial charge in [0.05, 0.1) is 5.02 Å². The molecule has 0 aromatic heterocycles. The molecule has 0 saturated heterocycles. The van der Waals surface area contributed by atoms with Crippen molar-refractivity contribution in [1.29, 1.82) is 0 Å². The highest BCUT2D eigenvalue weighted by Gasteiger charge is 2.14. The van der Waals surface area contributed by atoms with Gasteiger partial charge in [-0.15, -0.1) is 0 Å². The minimum Gasteiger partial charge on any atom is -0.506 e. The number of aromatic hydroxyl groups is 1. The van der Waals surface area contributed by atoms with E-state index in [2.05, 4.69) is 0 Å². The van der Waals surface area contributed by atoms with Crippen LogP contribution in [0.2, 0.25) is 5.02 Å². The second kappa shape index (κ2) is 4.47. The third kappa shape index (κ3) is 2.24. The predicted molar refractivity (Wildman–Crippen MR) is 67.4 cm³/mol. The van der Waals surface area contributed by atoms with E-state index in [1.165, 1.54) is 12.1 Å². The summed E-state index contributed by atoms with van der Waals surface area (Å²) < 4.78 is 0. The lowest BCUT2D eigenvalue weighted by molar-refractivity contribution is 0.103. The van der Waals surface area contributed by atoms with Crippen molar-refractivity contribution in [2.45, 2.75) is 0 Å². The third-order valence-corrected chi connectivity index (χ3v) is 2.70. The average molecular weight is 248 g/mol. The summed E-state index contributed by atoms with van der Waals surface area (Å²) in [6.45, 7) is 0. The number of rotatable bonds is 2. The van der Waals surface area contributed by atoms with Crippen LogP contribution in [0.5, 0.6) is 5.75 Å². The first kappa shape index (κ1) is 11.5. The van der Waals surface area contributed by atoms with Gasteiger partial charge in [0.1, 0.15) is 5.75 Å². The number of carbonyl (C=O) groups excluding carboxylic acids is 1. The van der Waals surface area contributed by atoms with E-state index >= 15 is 0 Å². The van der Waals surface area contributed by atoms with Crippen LogP contribution in [0.4, 0.5) is 5.69 Å². The maximum absolute atomic E-state index is 12.1. The van der Waals surface area contributed by atoms with Crippen molar-refractivity contribution in [2.75, 3.05) is 5.73 Å². The smallest absolute Gasteiger partial charge is 0.195 e. The minimum atomic E-state index is -0.218. The lowest BCUT2D eigenvalue weighted by Gasteiger charge is -2.06. The maximum Gasteiger partial charge on any atom is 0.195 e. The molecular weight excluding hydrogens is 238 g/mol. The van der Waals surface area contributed by atoms with Crippen molar-refractivity contribution >= 4 is 23.1 Å². The fourth-order valence-corrected chi connectivity index (χ4v) is 1.68. The molecular formula is C13H10ClNO2. The minimum absolute atomic E-state index is 0.110. The van der Waals surface area contributed by atoms with Gasteiger partial charge >= 0.3 is 0 Å². The van der Waals surface area contributed by atoms with Crippen molar-refractivity contribution in [2.24, 2.45) is 0 Å². The molecule has 3 N–H and O–H groups in total. The van der Waals surface area contributed by atoms with Crippen LogP contribution in [0.1, 0.15) is 15.9 Å². The largest absolute Gasteiger partial charge is 0.506 e. The maximum atomic E-state index is 12.1. The third-order valence-electron chi connectivity index (χ3n) is 2.40. The van der Waals surface area contributed by atoms with Crippen LogP contribution in [0.25, 0.3) is 0 Å². The topological polar surface area (TPSA) is 63.3 Å². The van der Waals surface area contributed by atoms with E-state index in [9.17, 15) is 9.90 Å². The highest BCUT2D eigenvalue weighted by Crippen LogP contribution is 2.29. The number of benzene rings is 2. The Morgan fingerprint density at radius 3 is 2.47 bits per heavy atom. The number of anilines is 1. The molecule has 0 bridgehead atoms. The van der Waals surface area contributed by atoms with E-state index in [0.717, 1.165) is 0 Å². The summed E-state index contributed by atoms with van der Waals surface area (Å²) in [5.41, 5.74) is 6.72. The van der Waals surface area contributed by atoms with Gasteiger partial charge in [-0.2, -0.15) is 0 Å². The molecule has 0 saturated carbocycles. The summed E-state index contributed by atoms with van der Waals surface area (Å²) >= 11 is 5.76. The molecule has 2 aromatic rings. The molecule has 4 heteroatoms. The monoisotopic (exact) mass is 247 g/mol. The Bertz CT molecular complexity index is 567. The number of halogens is 1. The number of phenolic OH excluding ortho intramolecular Hbond substituents is 1. The van der Waals surface area contributed by atoms with Crippen LogP contribution in [-0.4, -0.2) is 10.9 Å². The first-order valence-electron chi connectivity index (χ1n) is 4.97. The highest BCUT2D eigenvalue weighted by atomic mass is 35.5. The molecule has 0 aliphatic rings. The van der Waals surface area contributed by atoms with E-state index in [1.54, 1.807) is 24.3 Å². The van der Waals surface area contributed by atoms with Gasteiger partial charge in [-0.25, -0.2) is 0 Å². The molecule has 17 heavy (non-hydrogen) atoms. The van der Waals surface area contributed by atoms with Gasteiger partial charge in [-0.3, -0.25) is 4.79 Å². The number of carbonyl (C=O) groups is 1. The Morgan fingerprint density at radius 2 is 1.82 bits per heavy atom. The summed E-state index contributed by atoms with van der Waals surface area (Å²) in [4.78, 5) is 12.1. The fourth-order valence-electron chi connectivity index (χ4n) is 1.52. The lowest BCUT2D eigenvalue weighted by Crippen LogP contribution is -2.05. The van der Waals surface area contributed by atoms with Crippen LogP contribution in [0, 0.1) is 0 Å². The van der Waals surface area contributed by atoms with E-state index in [1.807, 2.05) is 6.07 Å². The van der Waals surface area contributed by atoms with E-state index in [4.69, 9.17) is 17.3 Å². The molecule has 0 atom stereocenters. The van der Waals surface area contributed by atoms with Crippen LogP contribution in [0.3, 0.4) is 0 Å². The molecule has 2 rings (SSSR count). The molecule has 86 valence electrons. The zero-order valence-electron chi connectivity index (χ0n) is 8.85. The normalized spacial score (nSPS) is 10.2. The molecule has 0 aliphatic carbocycles. The van der Waals surface area contributed by atoms with Gasteiger partial charge in [0.25, 0.3) is 0 Å². The second-order valence-electron chi connectivity index (χ2n) is 3.59. The van der Waals surface area contributed by atoms with Crippen molar-refractivity contribution in [3.63, 3.8) is 0 Å². The second-order valence-corrected chi connectivity index (χ2v) is 3.99. The van der Waals surface area contributed by atoms with Gasteiger partial charge in [-0.1, -0.05) is 41.9 Å². The van der Waals surface area contributed by atoms with Gasteiger partial charge < -0.3 is 10.8 Å². The Labute approximate surface area is 103 Å². The number of hydrogen-bond donors (Lipinski definition) is 2. The Kier molecular flexibility index (Phi) is 3.02. The number of phenols is 1. The SMILES string of the molecule is Nc1cc(O)c(Cl)cc1C(=O)c1ccccc1. The van der Waals surface area contributed by atoms with Crippen molar-refractivity contribution in [3.05, 3.63) is 58.6 Å². The van der Waals surface area contributed by atoms with Gasteiger partial charge in [0.15, 0.2) is 5.78 Å². The summed E-state index contributed by atoms with van der Waals surface area (Å²) in [5.74, 6) is -0.348. The molecule has 2 aromatic carbocycles. The quantitative estimate of drug-likeness (QED) is 0.634. The van der Waals surface area contributed by atoms with E-state index in [-0.39, 0.29) is 22.2 Å². The first-order valence-corrected chi connectivity index (χ1v) is 5.35.